The standard InChI is InChI=1S/2C4H9NO.C3H9NO4S2.2C3H9NO2S.C3H9N.C2H6O2S.C2H6OS.C2H6S.6C2H4.22CH4/c2*1-4(6)5(2)3;1-4(9(2,5)6)10(3,7)8;2*1-4(2)7(3,5)6;1-4(2)3;1-5(2,3)4;1-4(2)3;1-3-2;6*1-2;;;;;;;;;;;;;;;;;;;;;;/h2*1-3H3;1-3H3;2*1-3H3;1-3H3;1-2H3;1-2H3;1-2H3;6*1-2H2;22*1H4. The number of hydrogen-bond acceptors (Lipinski definition) is 15. The lowest BCUT2D eigenvalue weighted by atomic mass is 10.7. The van der Waals surface area contributed by atoms with E-state index in [2.05, 4.69) is 78.9 Å². The van der Waals surface area contributed by atoms with E-state index in [4.69, 9.17) is 0 Å². The largest absolute Gasteiger partial charge is 0.349 e. The Hall–Kier alpha value is -2.53. The van der Waals surface area contributed by atoms with Gasteiger partial charge in [-0.15, -0.1) is 78.9 Å². The third kappa shape index (κ3) is 607. The molecular weight excluding hydrogens is 1240 g/mol. The van der Waals surface area contributed by atoms with Gasteiger partial charge in [0.05, 0.1) is 25.0 Å². The van der Waals surface area contributed by atoms with Crippen LogP contribution in [-0.2, 0) is 70.3 Å². The first kappa shape index (κ1) is 263. The molecule has 0 aromatic carbocycles. The predicted molar refractivity (Wildman–Crippen MR) is 439 cm³/mol. The molecule has 0 fully saturated rings. The summed E-state index contributed by atoms with van der Waals surface area (Å²) in [5, 5.41) is 0. The molecule has 0 unspecified atom stereocenters. The van der Waals surface area contributed by atoms with Crippen molar-refractivity contribution in [2.45, 2.75) is 177 Å². The zero-order valence-corrected chi connectivity index (χ0v) is 50.0. The number of carbonyl (C=O) groups is 2. The van der Waals surface area contributed by atoms with Crippen molar-refractivity contribution in [3.63, 3.8) is 0 Å². The Kier molecular flexibility index (Phi) is 544. The molecule has 0 N–H and O–H groups in total. The van der Waals surface area contributed by atoms with E-state index >= 15 is 0 Å². The van der Waals surface area contributed by atoms with Crippen molar-refractivity contribution in [3.05, 3.63) is 78.9 Å². The Morgan fingerprint density at radius 3 is 0.360 bits per heavy atom. The lowest BCUT2D eigenvalue weighted by Crippen LogP contribution is -2.31. The highest BCUT2D eigenvalue weighted by Crippen LogP contribution is 1.98. The van der Waals surface area contributed by atoms with Gasteiger partial charge in [-0.3, -0.25) is 13.8 Å². The van der Waals surface area contributed by atoms with Gasteiger partial charge >= 0.3 is 0 Å². The van der Waals surface area contributed by atoms with Crippen LogP contribution in [0.15, 0.2) is 78.9 Å². The van der Waals surface area contributed by atoms with Crippen LogP contribution in [0.25, 0.3) is 0 Å². The van der Waals surface area contributed by atoms with E-state index in [-0.39, 0.29) is 175 Å². The van der Waals surface area contributed by atoms with E-state index in [0.29, 0.717) is 3.71 Å². The van der Waals surface area contributed by atoms with Crippen LogP contribution >= 0.6 is 11.8 Å². The molecular formula is C60H184N6O13S7. The molecule has 0 aliphatic rings. The first-order chi connectivity index (χ1) is 28.2. The van der Waals surface area contributed by atoms with Crippen LogP contribution in [0.3, 0.4) is 0 Å². The minimum Gasteiger partial charge on any atom is -0.349 e. The fourth-order valence-electron chi connectivity index (χ4n) is 0.246. The topological polar surface area (TPSA) is 241 Å². The summed E-state index contributed by atoms with van der Waals surface area (Å²) in [6.07, 6.45) is 13.7. The number of sulfone groups is 1. The van der Waals surface area contributed by atoms with Gasteiger partial charge in [-0.25, -0.2) is 50.7 Å². The summed E-state index contributed by atoms with van der Waals surface area (Å²) in [5.74, 6) is 0.185. The molecule has 0 bridgehead atoms. The SMILES string of the molecule is C.C.C.C.C.C.C.C.C.C.C.C.C.C.C.C.C.C.C.C.C.C.C=C.C=C.C=C.C=C.C=C.C=C.CC(=O)N(C)C.CC(=O)N(C)C.CN(C)C.CN(C)S(C)(=O)=O.CN(C)S(C)(=O)=O.CN(S(C)(=O)=O)S(C)(=O)=O.CS(C)(=O)=O.CS(C)=O.CSC. The van der Waals surface area contributed by atoms with Crippen molar-refractivity contribution in [2.75, 3.05) is 147 Å². The van der Waals surface area contributed by atoms with Crippen molar-refractivity contribution < 1.29 is 55.9 Å². The zero-order chi connectivity index (χ0) is 57.4. The first-order valence-electron chi connectivity index (χ1n) is 16.9. The minimum absolute atomic E-state index is 0. The summed E-state index contributed by atoms with van der Waals surface area (Å²) in [7, 11) is 3.55. The van der Waals surface area contributed by atoms with Crippen LogP contribution in [0, 0.1) is 0 Å². The maximum atomic E-state index is 10.5. The molecule has 0 aliphatic carbocycles. The molecule has 0 spiro atoms. The molecule has 0 radical (unpaired) electrons. The Morgan fingerprint density at radius 2 is 0.360 bits per heavy atom. The van der Waals surface area contributed by atoms with Crippen LogP contribution in [0.2, 0.25) is 0 Å². The Morgan fingerprint density at radius 1 is 0.314 bits per heavy atom. The average molecular weight is 1420 g/mol. The maximum Gasteiger partial charge on any atom is 0.223 e. The second-order valence-corrected chi connectivity index (χ2v) is 24.7. The average Bonchev–Trinajstić information content (AvgIpc) is 3.12. The monoisotopic (exact) mass is 1420 g/mol. The van der Waals surface area contributed by atoms with Gasteiger partial charge in [-0.1, -0.05) is 167 Å². The van der Waals surface area contributed by atoms with E-state index in [1.54, 1.807) is 52.5 Å². The van der Waals surface area contributed by atoms with Crippen LogP contribution in [-0.4, -0.2) is 232 Å². The van der Waals surface area contributed by atoms with Gasteiger partial charge < -0.3 is 14.7 Å². The lowest BCUT2D eigenvalue weighted by molar-refractivity contribution is -0.127. The molecule has 0 saturated heterocycles. The summed E-state index contributed by atoms with van der Waals surface area (Å²) in [5.41, 5.74) is 0. The highest BCUT2D eigenvalue weighted by Gasteiger charge is 2.20. The summed E-state index contributed by atoms with van der Waals surface area (Å²) in [4.78, 5) is 25.2. The molecule has 86 heavy (non-hydrogen) atoms. The van der Waals surface area contributed by atoms with E-state index in [1.807, 2.05) is 38.6 Å². The summed E-state index contributed by atoms with van der Waals surface area (Å²) < 4.78 is 115. The van der Waals surface area contributed by atoms with Gasteiger partial charge in [0.1, 0.15) is 9.84 Å². The normalized spacial score (nSPS) is 6.76. The van der Waals surface area contributed by atoms with Crippen molar-refractivity contribution in [1.29, 1.82) is 0 Å². The van der Waals surface area contributed by atoms with Crippen molar-refractivity contribution in [1.82, 2.24) is 27.0 Å². The first-order valence-corrected chi connectivity index (χ1v) is 30.2. The van der Waals surface area contributed by atoms with Crippen LogP contribution < -0.4 is 0 Å². The fraction of sp³-hybridized carbons (Fsp3) is 0.767. The highest BCUT2D eigenvalue weighted by atomic mass is 32.3. The second-order valence-electron chi connectivity index (χ2n) is 11.5. The molecule has 0 heterocycles. The van der Waals surface area contributed by atoms with Crippen LogP contribution in [0.1, 0.15) is 177 Å². The predicted octanol–water partition coefficient (Wildman–Crippen LogP) is 17.7. The quantitative estimate of drug-likeness (QED) is 0.238. The summed E-state index contributed by atoms with van der Waals surface area (Å²) in [6, 6.07) is 0. The number of carbonyl (C=O) groups excluding carboxylic acids is 2. The van der Waals surface area contributed by atoms with E-state index < -0.39 is 60.7 Å². The number of sulfonamides is 4. The minimum atomic E-state index is -3.62. The molecule has 19 nitrogen and oxygen atoms in total. The summed E-state index contributed by atoms with van der Waals surface area (Å²) in [6.45, 7) is 39.1. The Labute approximate surface area is 566 Å². The van der Waals surface area contributed by atoms with E-state index in [9.17, 15) is 55.9 Å². The van der Waals surface area contributed by atoms with Crippen LogP contribution in [0.5, 0.6) is 0 Å². The summed E-state index contributed by atoms with van der Waals surface area (Å²) >= 11 is 1.75. The maximum absolute atomic E-state index is 10.5. The molecule has 0 saturated carbocycles. The number of thioether (sulfide) groups is 1. The van der Waals surface area contributed by atoms with Gasteiger partial charge in [0.2, 0.25) is 51.9 Å². The number of hydrogen-bond donors (Lipinski definition) is 0. The molecule has 0 aromatic heterocycles. The highest BCUT2D eigenvalue weighted by molar-refractivity contribution is 8.03. The molecule has 0 aliphatic heterocycles. The van der Waals surface area contributed by atoms with Gasteiger partial charge in [0.15, 0.2) is 0 Å². The third-order valence-electron chi connectivity index (χ3n) is 3.52. The zero-order valence-electron chi connectivity index (χ0n) is 44.3. The molecule has 0 rings (SSSR count). The van der Waals surface area contributed by atoms with Gasteiger partial charge in [-0.2, -0.15) is 11.8 Å². The van der Waals surface area contributed by atoms with E-state index in [1.165, 1.54) is 51.8 Å². The van der Waals surface area contributed by atoms with Crippen molar-refractivity contribution >= 4 is 84.3 Å². The molecule has 0 aromatic rings. The molecule has 26 heteroatoms. The van der Waals surface area contributed by atoms with E-state index in [0.717, 1.165) is 53.2 Å². The fourth-order valence-corrected chi connectivity index (χ4v) is 2.21. The number of amides is 2. The second kappa shape index (κ2) is 178. The Balaban J connectivity index is -0.00000000859. The van der Waals surface area contributed by atoms with Crippen LogP contribution in [0.4, 0.5) is 0 Å². The molecule has 2 amide bonds. The van der Waals surface area contributed by atoms with Crippen molar-refractivity contribution in [2.24, 2.45) is 0 Å². The van der Waals surface area contributed by atoms with Crippen molar-refractivity contribution in [3.8, 4) is 0 Å². The third-order valence-corrected chi connectivity index (χ3v) is 9.67. The van der Waals surface area contributed by atoms with Gasteiger partial charge in [0.25, 0.3) is 0 Å². The smallest absolute Gasteiger partial charge is 0.223 e. The molecule has 0 atom stereocenters. The van der Waals surface area contributed by atoms with Gasteiger partial charge in [-0.05, 0) is 33.7 Å². The lowest BCUT2D eigenvalue weighted by Gasteiger charge is -2.09. The Bertz CT molecular complexity index is 1470. The molecule has 574 valence electrons. The number of rotatable bonds is 4. The van der Waals surface area contributed by atoms with Gasteiger partial charge in [0, 0.05) is 113 Å². The number of nitrogens with zero attached hydrogens (tertiary/aromatic N) is 6.